The van der Waals surface area contributed by atoms with E-state index in [1.165, 1.54) is 12.1 Å². The number of carbonyl (C=O) groups is 1. The molecule has 2 aromatic carbocycles. The number of rotatable bonds is 3. The molecule has 2 aromatic rings. The van der Waals surface area contributed by atoms with Gasteiger partial charge < -0.3 is 11.1 Å². The van der Waals surface area contributed by atoms with E-state index >= 15 is 0 Å². The summed E-state index contributed by atoms with van der Waals surface area (Å²) in [7, 11) is 0. The molecule has 0 aromatic heterocycles. The summed E-state index contributed by atoms with van der Waals surface area (Å²) in [6, 6.07) is 4.03. The lowest BCUT2D eigenvalue weighted by Crippen LogP contribution is -2.50. The second-order valence-corrected chi connectivity index (χ2v) is 6.97. The molecular formula is C17H9BrF10N2O. The molecule has 14 heteroatoms. The van der Waals surface area contributed by atoms with Gasteiger partial charge in [0.1, 0.15) is 0 Å². The molecule has 170 valence electrons. The Hall–Kier alpha value is -2.51. The average Bonchev–Trinajstić information content (AvgIpc) is 2.59. The number of alkyl halides is 10. The Morgan fingerprint density at radius 1 is 0.871 bits per heavy atom. The van der Waals surface area contributed by atoms with Crippen molar-refractivity contribution in [3.8, 4) is 0 Å². The Morgan fingerprint density at radius 2 is 1.42 bits per heavy atom. The monoisotopic (exact) mass is 526 g/mol. The summed E-state index contributed by atoms with van der Waals surface area (Å²) < 4.78 is 131. The molecule has 0 unspecified atom stereocenters. The zero-order valence-corrected chi connectivity index (χ0v) is 16.2. The minimum absolute atomic E-state index is 0.0516. The van der Waals surface area contributed by atoms with E-state index < -0.39 is 57.5 Å². The Balaban J connectivity index is 2.70. The second-order valence-electron chi connectivity index (χ2n) is 6.11. The smallest absolute Gasteiger partial charge is 0.399 e. The number of anilines is 2. The number of amides is 1. The van der Waals surface area contributed by atoms with Crippen LogP contribution < -0.4 is 11.1 Å². The zero-order chi connectivity index (χ0) is 24.0. The van der Waals surface area contributed by atoms with Crippen molar-refractivity contribution in [1.82, 2.24) is 0 Å². The van der Waals surface area contributed by atoms with E-state index in [9.17, 15) is 48.7 Å². The molecule has 0 saturated carbocycles. The molecule has 1 amide bonds. The van der Waals surface area contributed by atoms with Crippen LogP contribution in [-0.4, -0.2) is 18.3 Å². The predicted octanol–water partition coefficient (Wildman–Crippen LogP) is 6.59. The third-order valence-electron chi connectivity index (χ3n) is 3.96. The molecule has 0 bridgehead atoms. The molecule has 0 atom stereocenters. The quantitative estimate of drug-likeness (QED) is 0.350. The number of benzene rings is 2. The zero-order valence-electron chi connectivity index (χ0n) is 14.6. The fourth-order valence-electron chi connectivity index (χ4n) is 2.51. The van der Waals surface area contributed by atoms with Crippen LogP contribution in [0.1, 0.15) is 21.5 Å². The number of nitrogens with one attached hydrogen (secondary N) is 1. The SMILES string of the molecule is Nc1cccc(C(=O)Nc2c(Br)cc(C(F)(C(F)(F)F)C(F)(F)F)cc2C(F)(F)F)c1. The second kappa shape index (κ2) is 7.88. The van der Waals surface area contributed by atoms with Gasteiger partial charge in [-0.15, -0.1) is 0 Å². The van der Waals surface area contributed by atoms with Crippen molar-refractivity contribution in [3.05, 3.63) is 57.6 Å². The maximum atomic E-state index is 14.3. The number of hydrogen-bond acceptors (Lipinski definition) is 2. The van der Waals surface area contributed by atoms with Gasteiger partial charge in [0.25, 0.3) is 5.91 Å². The van der Waals surface area contributed by atoms with Crippen LogP contribution in [0.4, 0.5) is 55.3 Å². The van der Waals surface area contributed by atoms with Gasteiger partial charge in [-0.3, -0.25) is 4.79 Å². The Kier molecular flexibility index (Phi) is 6.29. The van der Waals surface area contributed by atoms with Gasteiger partial charge in [0.2, 0.25) is 0 Å². The molecule has 0 radical (unpaired) electrons. The number of hydrogen-bond donors (Lipinski definition) is 2. The van der Waals surface area contributed by atoms with Crippen LogP contribution in [0.3, 0.4) is 0 Å². The highest BCUT2D eigenvalue weighted by molar-refractivity contribution is 9.10. The highest BCUT2D eigenvalue weighted by Gasteiger charge is 2.73. The van der Waals surface area contributed by atoms with Crippen LogP contribution in [0, 0.1) is 0 Å². The van der Waals surface area contributed by atoms with E-state index in [1.807, 2.05) is 0 Å². The summed E-state index contributed by atoms with van der Waals surface area (Å²) >= 11 is 2.39. The van der Waals surface area contributed by atoms with Crippen LogP contribution in [0.25, 0.3) is 0 Å². The molecule has 3 N–H and O–H groups in total. The van der Waals surface area contributed by atoms with Gasteiger partial charge in [-0.05, 0) is 46.3 Å². The van der Waals surface area contributed by atoms with E-state index in [0.717, 1.165) is 12.1 Å². The van der Waals surface area contributed by atoms with Gasteiger partial charge in [0.05, 0.1) is 11.3 Å². The fourth-order valence-corrected chi connectivity index (χ4v) is 3.07. The van der Waals surface area contributed by atoms with Gasteiger partial charge >= 0.3 is 24.2 Å². The molecule has 0 aliphatic carbocycles. The largest absolute Gasteiger partial charge is 0.435 e. The van der Waals surface area contributed by atoms with Gasteiger partial charge in [-0.2, -0.15) is 39.5 Å². The van der Waals surface area contributed by atoms with Crippen molar-refractivity contribution in [2.24, 2.45) is 0 Å². The van der Waals surface area contributed by atoms with Gasteiger partial charge in [0.15, 0.2) is 0 Å². The van der Waals surface area contributed by atoms with Crippen molar-refractivity contribution in [2.75, 3.05) is 11.1 Å². The van der Waals surface area contributed by atoms with Crippen molar-refractivity contribution in [2.45, 2.75) is 24.2 Å². The van der Waals surface area contributed by atoms with Gasteiger partial charge in [-0.1, -0.05) is 6.07 Å². The highest BCUT2D eigenvalue weighted by atomic mass is 79.9. The van der Waals surface area contributed by atoms with Crippen LogP contribution in [0.5, 0.6) is 0 Å². The number of carbonyl (C=O) groups excluding carboxylic acids is 1. The third kappa shape index (κ3) is 4.72. The molecular weight excluding hydrogens is 518 g/mol. The fraction of sp³-hybridized carbons (Fsp3) is 0.235. The molecule has 0 heterocycles. The third-order valence-corrected chi connectivity index (χ3v) is 4.59. The standard InChI is InChI=1S/C17H9BrF10N2O/c18-11-6-8(14(19,16(23,24)25)17(26,27)28)5-10(15(20,21)22)12(11)30-13(31)7-2-1-3-9(29)4-7/h1-6H,29H2,(H,30,31). The topological polar surface area (TPSA) is 55.1 Å². The normalized spacial score (nSPS) is 13.3. The van der Waals surface area contributed by atoms with Crippen LogP contribution in [0.15, 0.2) is 40.9 Å². The summed E-state index contributed by atoms with van der Waals surface area (Å²) in [6.07, 6.45) is -18.8. The van der Waals surface area contributed by atoms with Crippen LogP contribution in [-0.2, 0) is 11.8 Å². The first-order chi connectivity index (χ1) is 13.9. The van der Waals surface area contributed by atoms with E-state index in [2.05, 4.69) is 15.9 Å². The Bertz CT molecular complexity index is 984. The molecule has 31 heavy (non-hydrogen) atoms. The number of nitrogen functional groups attached to an aromatic ring is 1. The van der Waals surface area contributed by atoms with E-state index in [4.69, 9.17) is 5.73 Å². The van der Waals surface area contributed by atoms with Crippen molar-refractivity contribution in [1.29, 1.82) is 0 Å². The van der Waals surface area contributed by atoms with Crippen LogP contribution >= 0.6 is 15.9 Å². The van der Waals surface area contributed by atoms with E-state index in [-0.39, 0.29) is 17.3 Å². The maximum Gasteiger partial charge on any atom is 0.435 e. The molecule has 0 aliphatic rings. The number of nitrogens with two attached hydrogens (primary N) is 1. The van der Waals surface area contributed by atoms with Crippen molar-refractivity contribution < 1.29 is 48.7 Å². The Morgan fingerprint density at radius 3 is 1.87 bits per heavy atom. The minimum Gasteiger partial charge on any atom is -0.399 e. The van der Waals surface area contributed by atoms with Gasteiger partial charge in [0, 0.05) is 21.3 Å². The molecule has 0 aliphatic heterocycles. The predicted molar refractivity (Wildman–Crippen MR) is 92.8 cm³/mol. The van der Waals surface area contributed by atoms with Gasteiger partial charge in [-0.25, -0.2) is 4.39 Å². The molecule has 0 saturated heterocycles. The maximum absolute atomic E-state index is 14.3. The molecule has 0 spiro atoms. The number of halogens is 11. The van der Waals surface area contributed by atoms with Crippen LogP contribution in [0.2, 0.25) is 0 Å². The highest BCUT2D eigenvalue weighted by Crippen LogP contribution is 2.55. The molecule has 2 rings (SSSR count). The lowest BCUT2D eigenvalue weighted by molar-refractivity contribution is -0.348. The minimum atomic E-state index is -6.63. The summed E-state index contributed by atoms with van der Waals surface area (Å²) in [4.78, 5) is 12.2. The lowest BCUT2D eigenvalue weighted by Gasteiger charge is -2.31. The first-order valence-corrected chi connectivity index (χ1v) is 8.59. The molecule has 0 fully saturated rings. The van der Waals surface area contributed by atoms with Crippen molar-refractivity contribution in [3.63, 3.8) is 0 Å². The van der Waals surface area contributed by atoms with E-state index in [1.54, 1.807) is 5.32 Å². The Labute approximate surface area is 175 Å². The summed E-state index contributed by atoms with van der Waals surface area (Å²) in [6.45, 7) is 0. The average molecular weight is 527 g/mol. The van der Waals surface area contributed by atoms with E-state index in [0.29, 0.717) is 0 Å². The molecule has 3 nitrogen and oxygen atoms in total. The van der Waals surface area contributed by atoms with Crippen molar-refractivity contribution >= 4 is 33.2 Å². The summed E-state index contributed by atoms with van der Waals surface area (Å²) in [5, 5.41) is 1.74. The lowest BCUT2D eigenvalue weighted by atomic mass is 9.92. The summed E-state index contributed by atoms with van der Waals surface area (Å²) in [5.41, 5.74) is -6.57. The first kappa shape index (κ1) is 24.8. The summed E-state index contributed by atoms with van der Waals surface area (Å²) in [5.74, 6) is -1.20. The first-order valence-electron chi connectivity index (χ1n) is 7.80.